The monoisotopic (exact) mass is 665 g/mol. The lowest BCUT2D eigenvalue weighted by Crippen LogP contribution is -2.53. The molecule has 2 aliphatic rings. The number of hydrogen-bond acceptors (Lipinski definition) is 7. The van der Waals surface area contributed by atoms with Crippen molar-refractivity contribution in [1.29, 1.82) is 0 Å². The first kappa shape index (κ1) is 29.8. The summed E-state index contributed by atoms with van der Waals surface area (Å²) in [5.74, 6) is 0.395. The molecule has 0 radical (unpaired) electrons. The van der Waals surface area contributed by atoms with E-state index in [4.69, 9.17) is 4.42 Å². The Morgan fingerprint density at radius 1 is 1.05 bits per heavy atom. The van der Waals surface area contributed by atoms with Crippen LogP contribution < -0.4 is 0 Å². The minimum Gasteiger partial charge on any atom is -0.464 e. The lowest BCUT2D eigenvalue weighted by Gasteiger charge is -2.31. The normalized spacial score (nSPS) is 18.4. The Balaban J connectivity index is 1.39. The molecule has 0 N–H and O–H groups in total. The number of halogens is 1. The standard InChI is InChI=1S/C29H36IN3O5S/c1-4-6-7-8-10-19(5-2)31(3)17-20-13-14-21(38-20)18-39-24-12-9-11-22-26(24)29(37)32(27(22)35)23-15-16-25(34)33(30)28(23)36/h9,11-14,19,23H,4-8,10,15-18H2,1-3H3. The lowest BCUT2D eigenvalue weighted by atomic mass is 10.0. The largest absolute Gasteiger partial charge is 0.464 e. The molecule has 3 heterocycles. The minimum absolute atomic E-state index is 0.113. The first-order chi connectivity index (χ1) is 18.8. The van der Waals surface area contributed by atoms with E-state index in [0.29, 0.717) is 27.8 Å². The van der Waals surface area contributed by atoms with Crippen LogP contribution in [0.1, 0.15) is 97.5 Å². The maximum absolute atomic E-state index is 13.4. The van der Waals surface area contributed by atoms with E-state index in [1.807, 2.05) is 18.2 Å². The molecule has 4 amide bonds. The van der Waals surface area contributed by atoms with Gasteiger partial charge in [0.05, 0.1) is 46.3 Å². The predicted molar refractivity (Wildman–Crippen MR) is 158 cm³/mol. The van der Waals surface area contributed by atoms with Crippen LogP contribution in [0.25, 0.3) is 0 Å². The van der Waals surface area contributed by atoms with Gasteiger partial charge in [0.1, 0.15) is 17.6 Å². The predicted octanol–water partition coefficient (Wildman–Crippen LogP) is 6.22. The summed E-state index contributed by atoms with van der Waals surface area (Å²) >= 11 is 3.08. The molecule has 2 unspecified atom stereocenters. The van der Waals surface area contributed by atoms with Gasteiger partial charge in [0.2, 0.25) is 5.91 Å². The van der Waals surface area contributed by atoms with Gasteiger partial charge < -0.3 is 4.42 Å². The zero-order chi connectivity index (χ0) is 28.1. The van der Waals surface area contributed by atoms with E-state index in [2.05, 4.69) is 25.8 Å². The van der Waals surface area contributed by atoms with Crippen molar-refractivity contribution in [3.05, 3.63) is 53.0 Å². The van der Waals surface area contributed by atoms with E-state index in [1.165, 1.54) is 43.9 Å². The number of piperidine rings is 1. The van der Waals surface area contributed by atoms with Crippen LogP contribution in [0.4, 0.5) is 0 Å². The number of carbonyl (C=O) groups is 4. The zero-order valence-corrected chi connectivity index (χ0v) is 25.8. The number of fused-ring (bicyclic) bond motifs is 1. The summed E-state index contributed by atoms with van der Waals surface area (Å²) in [6.45, 7) is 5.21. The van der Waals surface area contributed by atoms with E-state index in [9.17, 15) is 19.2 Å². The molecule has 2 aliphatic heterocycles. The fourth-order valence-corrected chi connectivity index (χ4v) is 6.83. The molecule has 10 heteroatoms. The average Bonchev–Trinajstić information content (AvgIpc) is 3.48. The molecule has 2 atom stereocenters. The van der Waals surface area contributed by atoms with E-state index in [0.717, 1.165) is 32.5 Å². The second kappa shape index (κ2) is 13.5. The molecule has 1 saturated heterocycles. The Morgan fingerprint density at radius 3 is 2.56 bits per heavy atom. The second-order valence-electron chi connectivity index (χ2n) is 10.2. The van der Waals surface area contributed by atoms with Gasteiger partial charge in [0.25, 0.3) is 17.7 Å². The van der Waals surface area contributed by atoms with Gasteiger partial charge in [0, 0.05) is 17.4 Å². The Hall–Kier alpha value is -2.18. The summed E-state index contributed by atoms with van der Waals surface area (Å²) in [5.41, 5.74) is 0.610. The molecule has 2 aromatic rings. The fraction of sp³-hybridized carbons (Fsp3) is 0.517. The van der Waals surface area contributed by atoms with Crippen LogP contribution in [0, 0.1) is 0 Å². The number of amides is 4. The number of imide groups is 2. The number of nitrogens with zero attached hydrogens (tertiary/aromatic N) is 3. The van der Waals surface area contributed by atoms with Crippen molar-refractivity contribution in [2.75, 3.05) is 7.05 Å². The van der Waals surface area contributed by atoms with Gasteiger partial charge >= 0.3 is 0 Å². The molecule has 8 nitrogen and oxygen atoms in total. The molecule has 1 aromatic heterocycles. The number of furan rings is 1. The van der Waals surface area contributed by atoms with Gasteiger partial charge in [-0.05, 0) is 50.6 Å². The quantitative estimate of drug-likeness (QED) is 0.0826. The van der Waals surface area contributed by atoms with Crippen LogP contribution in [0.5, 0.6) is 0 Å². The van der Waals surface area contributed by atoms with Crippen molar-refractivity contribution in [2.24, 2.45) is 0 Å². The first-order valence-corrected chi connectivity index (χ1v) is 15.7. The van der Waals surface area contributed by atoms with Crippen LogP contribution in [-0.2, 0) is 21.9 Å². The summed E-state index contributed by atoms with van der Waals surface area (Å²) < 4.78 is 7.10. The highest BCUT2D eigenvalue weighted by molar-refractivity contribution is 14.1. The van der Waals surface area contributed by atoms with Crippen LogP contribution in [-0.4, -0.2) is 55.7 Å². The van der Waals surface area contributed by atoms with E-state index < -0.39 is 23.8 Å². The molecule has 0 saturated carbocycles. The van der Waals surface area contributed by atoms with Crippen molar-refractivity contribution < 1.29 is 23.6 Å². The third-order valence-corrected chi connectivity index (χ3v) is 9.62. The van der Waals surface area contributed by atoms with Gasteiger partial charge in [-0.15, -0.1) is 11.8 Å². The smallest absolute Gasteiger partial charge is 0.263 e. The van der Waals surface area contributed by atoms with Crippen LogP contribution >= 0.6 is 34.6 Å². The van der Waals surface area contributed by atoms with Gasteiger partial charge in [-0.3, -0.25) is 29.0 Å². The molecular weight excluding hydrogens is 629 g/mol. The number of carbonyl (C=O) groups excluding carboxylic acids is 4. The summed E-state index contributed by atoms with van der Waals surface area (Å²) in [7, 11) is 2.15. The molecule has 210 valence electrons. The molecule has 0 bridgehead atoms. The zero-order valence-electron chi connectivity index (χ0n) is 22.8. The van der Waals surface area contributed by atoms with E-state index in [1.54, 1.807) is 35.0 Å². The number of hydrogen-bond donors (Lipinski definition) is 0. The Bertz CT molecular complexity index is 1230. The number of unbranched alkanes of at least 4 members (excludes halogenated alkanes) is 3. The van der Waals surface area contributed by atoms with Gasteiger partial charge in [-0.25, -0.2) is 3.11 Å². The van der Waals surface area contributed by atoms with Gasteiger partial charge in [-0.2, -0.15) is 0 Å². The van der Waals surface area contributed by atoms with Gasteiger partial charge in [-0.1, -0.05) is 45.6 Å². The third-order valence-electron chi connectivity index (χ3n) is 7.53. The van der Waals surface area contributed by atoms with Crippen molar-refractivity contribution in [3.8, 4) is 0 Å². The van der Waals surface area contributed by atoms with Crippen LogP contribution in [0.2, 0.25) is 0 Å². The summed E-state index contributed by atoms with van der Waals surface area (Å²) in [5, 5.41) is 0. The van der Waals surface area contributed by atoms with E-state index in [-0.39, 0.29) is 18.7 Å². The SMILES string of the molecule is CCCCCCC(CC)N(C)Cc1ccc(CSc2cccc3c2C(=O)N(C2CCC(=O)N(I)C2=O)C3=O)o1. The topological polar surface area (TPSA) is 91.1 Å². The van der Waals surface area contributed by atoms with Gasteiger partial charge in [0.15, 0.2) is 0 Å². The van der Waals surface area contributed by atoms with E-state index >= 15 is 0 Å². The minimum atomic E-state index is -0.965. The molecule has 4 rings (SSSR count). The third kappa shape index (κ3) is 6.59. The first-order valence-electron chi connectivity index (χ1n) is 13.7. The van der Waals surface area contributed by atoms with Crippen molar-refractivity contribution >= 4 is 58.3 Å². The Kier molecular flexibility index (Phi) is 10.3. The number of rotatable bonds is 13. The molecule has 0 spiro atoms. The molecule has 0 aliphatic carbocycles. The summed E-state index contributed by atoms with van der Waals surface area (Å²) in [6.07, 6.45) is 7.62. The maximum Gasteiger partial charge on any atom is 0.263 e. The Labute approximate surface area is 248 Å². The molecule has 1 aromatic carbocycles. The Morgan fingerprint density at radius 2 is 1.82 bits per heavy atom. The number of benzene rings is 1. The molecule has 1 fully saturated rings. The highest BCUT2D eigenvalue weighted by atomic mass is 127. The molecule has 39 heavy (non-hydrogen) atoms. The highest BCUT2D eigenvalue weighted by Gasteiger charge is 2.47. The van der Waals surface area contributed by atoms with Crippen LogP contribution in [0.3, 0.4) is 0 Å². The summed E-state index contributed by atoms with van der Waals surface area (Å²) in [4.78, 5) is 55.2. The second-order valence-corrected chi connectivity index (χ2v) is 12.2. The lowest BCUT2D eigenvalue weighted by molar-refractivity contribution is -0.142. The highest BCUT2D eigenvalue weighted by Crippen LogP contribution is 2.36. The van der Waals surface area contributed by atoms with Crippen molar-refractivity contribution in [1.82, 2.24) is 12.9 Å². The fourth-order valence-electron chi connectivity index (χ4n) is 5.30. The number of thioether (sulfide) groups is 1. The van der Waals surface area contributed by atoms with Crippen molar-refractivity contribution in [2.45, 2.75) is 94.5 Å². The molecular formula is C29H36IN3O5S. The summed E-state index contributed by atoms with van der Waals surface area (Å²) in [6, 6.07) is 8.72. The maximum atomic E-state index is 13.4. The average molecular weight is 666 g/mol. The van der Waals surface area contributed by atoms with Crippen molar-refractivity contribution in [3.63, 3.8) is 0 Å². The van der Waals surface area contributed by atoms with Crippen LogP contribution in [0.15, 0.2) is 39.6 Å².